The van der Waals surface area contributed by atoms with Crippen LogP contribution in [0.1, 0.15) is 29.4 Å². The first-order valence-electron chi connectivity index (χ1n) is 7.53. The van der Waals surface area contributed by atoms with Crippen LogP contribution < -0.4 is 15.4 Å². The maximum atomic E-state index is 11.3. The fourth-order valence-corrected chi connectivity index (χ4v) is 3.70. The van der Waals surface area contributed by atoms with Crippen LogP contribution in [0.25, 0.3) is 10.2 Å². The quantitative estimate of drug-likeness (QED) is 0.782. The molecule has 0 atom stereocenters. The number of pyridine rings is 1. The Morgan fingerprint density at radius 3 is 2.83 bits per heavy atom. The van der Waals surface area contributed by atoms with E-state index in [1.165, 1.54) is 0 Å². The van der Waals surface area contributed by atoms with Crippen molar-refractivity contribution in [1.82, 2.24) is 4.98 Å². The molecule has 7 nitrogen and oxygen atoms in total. The van der Waals surface area contributed by atoms with E-state index >= 15 is 0 Å². The number of ether oxygens (including phenoxy) is 1. The maximum absolute atomic E-state index is 11.3. The van der Waals surface area contributed by atoms with E-state index in [0.29, 0.717) is 48.5 Å². The molecule has 0 amide bonds. The number of hydrogen-bond donors (Lipinski definition) is 3. The maximum Gasteiger partial charge on any atom is 0.348 e. The average molecular weight is 337 g/mol. The zero-order chi connectivity index (χ0) is 16.6. The molecule has 8 heteroatoms. The predicted octanol–water partition coefficient (Wildman–Crippen LogP) is 1.94. The number of piperidine rings is 1. The van der Waals surface area contributed by atoms with Gasteiger partial charge >= 0.3 is 5.97 Å². The highest BCUT2D eigenvalue weighted by Gasteiger charge is 2.24. The Kier molecular flexibility index (Phi) is 4.27. The molecule has 0 bridgehead atoms. The van der Waals surface area contributed by atoms with E-state index in [0.717, 1.165) is 17.2 Å². The number of rotatable bonds is 4. The third kappa shape index (κ3) is 2.91. The number of anilines is 2. The molecule has 2 aromatic rings. The third-order valence-electron chi connectivity index (χ3n) is 3.93. The van der Waals surface area contributed by atoms with Gasteiger partial charge in [-0.05, 0) is 19.8 Å². The molecule has 0 saturated carbocycles. The average Bonchev–Trinajstić information content (AvgIpc) is 2.86. The zero-order valence-corrected chi connectivity index (χ0v) is 13.6. The first kappa shape index (κ1) is 15.8. The highest BCUT2D eigenvalue weighted by Crippen LogP contribution is 2.40. The molecule has 124 valence electrons. The van der Waals surface area contributed by atoms with E-state index in [9.17, 15) is 15.0 Å². The minimum Gasteiger partial charge on any atom is -0.493 e. The van der Waals surface area contributed by atoms with Crippen molar-refractivity contribution in [2.24, 2.45) is 0 Å². The summed E-state index contributed by atoms with van der Waals surface area (Å²) < 4.78 is 5.66. The smallest absolute Gasteiger partial charge is 0.348 e. The number of fused-ring (bicyclic) bond motifs is 1. The van der Waals surface area contributed by atoms with Crippen LogP contribution >= 0.6 is 11.3 Å². The molecule has 3 heterocycles. The number of aliphatic hydroxyl groups is 1. The molecule has 1 saturated heterocycles. The number of thiophene rings is 1. The second-order valence-electron chi connectivity index (χ2n) is 5.46. The summed E-state index contributed by atoms with van der Waals surface area (Å²) in [5, 5.41) is 19.5. The van der Waals surface area contributed by atoms with Gasteiger partial charge in [-0.15, -0.1) is 11.3 Å². The Bertz CT molecular complexity index is 738. The van der Waals surface area contributed by atoms with Crippen molar-refractivity contribution in [2.45, 2.75) is 25.9 Å². The van der Waals surface area contributed by atoms with Crippen molar-refractivity contribution in [1.29, 1.82) is 0 Å². The predicted molar refractivity (Wildman–Crippen MR) is 89.6 cm³/mol. The molecule has 0 spiro atoms. The van der Waals surface area contributed by atoms with Gasteiger partial charge in [0, 0.05) is 19.2 Å². The second kappa shape index (κ2) is 6.21. The molecule has 3 rings (SSSR count). The van der Waals surface area contributed by atoms with Gasteiger partial charge in [0.2, 0.25) is 0 Å². The third-order valence-corrected chi connectivity index (χ3v) is 5.02. The Hall–Kier alpha value is -2.06. The number of carboxylic acids is 1. The minimum atomic E-state index is -1.06. The molecule has 0 radical (unpaired) electrons. The lowest BCUT2D eigenvalue weighted by Crippen LogP contribution is -2.36. The number of nitrogen functional groups attached to an aromatic ring is 1. The lowest BCUT2D eigenvalue weighted by atomic mass is 10.1. The normalized spacial score (nSPS) is 16.0. The van der Waals surface area contributed by atoms with E-state index in [-0.39, 0.29) is 16.7 Å². The Morgan fingerprint density at radius 1 is 1.52 bits per heavy atom. The largest absolute Gasteiger partial charge is 0.493 e. The van der Waals surface area contributed by atoms with Crippen LogP contribution in [0.15, 0.2) is 6.07 Å². The van der Waals surface area contributed by atoms with Gasteiger partial charge in [-0.25, -0.2) is 9.78 Å². The molecule has 1 fully saturated rings. The minimum absolute atomic E-state index is 0.0830. The Labute approximate surface area is 137 Å². The van der Waals surface area contributed by atoms with Gasteiger partial charge in [-0.1, -0.05) is 0 Å². The number of aromatic nitrogens is 1. The van der Waals surface area contributed by atoms with E-state index in [4.69, 9.17) is 10.5 Å². The lowest BCUT2D eigenvalue weighted by Gasteiger charge is -2.30. The molecule has 0 aliphatic carbocycles. The number of carbonyl (C=O) groups is 1. The Morgan fingerprint density at radius 2 is 2.22 bits per heavy atom. The summed E-state index contributed by atoms with van der Waals surface area (Å²) in [5.74, 6) is 0.224. The van der Waals surface area contributed by atoms with Crippen LogP contribution in [0.4, 0.5) is 11.5 Å². The number of nitrogens with zero attached hydrogens (tertiary/aromatic N) is 2. The molecule has 0 unspecified atom stereocenters. The number of aromatic carboxylic acids is 1. The van der Waals surface area contributed by atoms with Crippen molar-refractivity contribution < 1.29 is 19.7 Å². The first-order valence-corrected chi connectivity index (χ1v) is 8.35. The topological polar surface area (TPSA) is 109 Å². The molecule has 4 N–H and O–H groups in total. The van der Waals surface area contributed by atoms with Crippen LogP contribution in [0, 0.1) is 0 Å². The zero-order valence-electron chi connectivity index (χ0n) is 12.8. The highest BCUT2D eigenvalue weighted by atomic mass is 32.1. The summed E-state index contributed by atoms with van der Waals surface area (Å²) in [6.45, 7) is 3.73. The number of carboxylic acid groups (broad SMARTS) is 1. The van der Waals surface area contributed by atoms with E-state index < -0.39 is 5.97 Å². The van der Waals surface area contributed by atoms with Gasteiger partial charge in [0.15, 0.2) is 0 Å². The SMILES string of the molecule is CCOc1cc(N2CCC(O)CC2)nc2sc(C(=O)O)c(N)c12. The molecular weight excluding hydrogens is 318 g/mol. The van der Waals surface area contributed by atoms with Crippen molar-refractivity contribution in [3.05, 3.63) is 10.9 Å². The van der Waals surface area contributed by atoms with Gasteiger partial charge in [0.05, 0.1) is 23.8 Å². The van der Waals surface area contributed by atoms with Crippen LogP contribution in [-0.2, 0) is 0 Å². The van der Waals surface area contributed by atoms with Crippen molar-refractivity contribution >= 4 is 39.0 Å². The summed E-state index contributed by atoms with van der Waals surface area (Å²) in [6.07, 6.45) is 1.12. The van der Waals surface area contributed by atoms with E-state index in [2.05, 4.69) is 9.88 Å². The summed E-state index contributed by atoms with van der Waals surface area (Å²) >= 11 is 1.06. The van der Waals surface area contributed by atoms with Gasteiger partial charge in [0.25, 0.3) is 0 Å². The van der Waals surface area contributed by atoms with Crippen LogP contribution in [0.2, 0.25) is 0 Å². The van der Waals surface area contributed by atoms with Crippen LogP contribution in [0.3, 0.4) is 0 Å². The number of nitrogens with two attached hydrogens (primary N) is 1. The molecule has 2 aromatic heterocycles. The molecule has 1 aliphatic heterocycles. The number of hydrogen-bond acceptors (Lipinski definition) is 7. The standard InChI is InChI=1S/C15H19N3O4S/c1-2-22-9-7-10(18-5-3-8(19)4-6-18)17-14-11(9)12(16)13(23-14)15(20)21/h7-8,19H,2-6,16H2,1H3,(H,20,21). The molecular formula is C15H19N3O4S. The number of aliphatic hydroxyl groups excluding tert-OH is 1. The second-order valence-corrected chi connectivity index (χ2v) is 6.46. The van der Waals surface area contributed by atoms with Crippen molar-refractivity contribution in [3.63, 3.8) is 0 Å². The van der Waals surface area contributed by atoms with Gasteiger partial charge in [0.1, 0.15) is 21.3 Å². The van der Waals surface area contributed by atoms with Gasteiger partial charge in [-0.2, -0.15) is 0 Å². The first-order chi connectivity index (χ1) is 11.0. The van der Waals surface area contributed by atoms with Crippen molar-refractivity contribution in [2.75, 3.05) is 30.3 Å². The van der Waals surface area contributed by atoms with Gasteiger partial charge < -0.3 is 25.6 Å². The lowest BCUT2D eigenvalue weighted by molar-refractivity contribution is 0.0703. The monoisotopic (exact) mass is 337 g/mol. The summed E-state index contributed by atoms with van der Waals surface area (Å²) in [5.41, 5.74) is 6.18. The molecule has 23 heavy (non-hydrogen) atoms. The summed E-state index contributed by atoms with van der Waals surface area (Å²) in [4.78, 5) is 18.6. The molecule has 0 aromatic carbocycles. The Balaban J connectivity index is 2.08. The van der Waals surface area contributed by atoms with Crippen LogP contribution in [0.5, 0.6) is 5.75 Å². The molecule has 1 aliphatic rings. The summed E-state index contributed by atoms with van der Waals surface area (Å²) in [6, 6.07) is 1.80. The van der Waals surface area contributed by atoms with Crippen LogP contribution in [-0.4, -0.2) is 47.0 Å². The van der Waals surface area contributed by atoms with E-state index in [1.807, 2.05) is 6.92 Å². The fourth-order valence-electron chi connectivity index (χ4n) is 2.76. The van der Waals surface area contributed by atoms with E-state index in [1.54, 1.807) is 6.07 Å². The van der Waals surface area contributed by atoms with Crippen molar-refractivity contribution in [3.8, 4) is 5.75 Å². The van der Waals surface area contributed by atoms with Gasteiger partial charge in [-0.3, -0.25) is 0 Å². The fraction of sp³-hybridized carbons (Fsp3) is 0.467. The summed E-state index contributed by atoms with van der Waals surface area (Å²) in [7, 11) is 0. The highest BCUT2D eigenvalue weighted by molar-refractivity contribution is 7.21.